The van der Waals surface area contributed by atoms with Crippen molar-refractivity contribution in [1.29, 1.82) is 0 Å². The molecule has 0 aliphatic heterocycles. The van der Waals surface area contributed by atoms with Gasteiger partial charge in [0.2, 0.25) is 16.9 Å². The molecule has 0 aromatic carbocycles. The smallest absolute Gasteiger partial charge is 0.240 e. The van der Waals surface area contributed by atoms with Crippen molar-refractivity contribution in [2.24, 2.45) is 0 Å². The fraction of sp³-hybridized carbons (Fsp3) is 0.533. The number of thioether (sulfide) groups is 1. The molecule has 0 saturated heterocycles. The summed E-state index contributed by atoms with van der Waals surface area (Å²) in [5.41, 5.74) is 0. The van der Waals surface area contributed by atoms with E-state index >= 15 is 0 Å². The largest absolute Gasteiger partial charge is 0.338 e. The molecule has 0 spiro atoms. The molecule has 0 amide bonds. The molecule has 4 rings (SSSR count). The van der Waals surface area contributed by atoms with Gasteiger partial charge >= 0.3 is 0 Å². The summed E-state index contributed by atoms with van der Waals surface area (Å²) in [6.45, 7) is 2.04. The number of rotatable bonds is 5. The lowest BCUT2D eigenvalue weighted by molar-refractivity contribution is 0.307. The summed E-state index contributed by atoms with van der Waals surface area (Å²) >= 11 is 3.17. The van der Waals surface area contributed by atoms with Crippen molar-refractivity contribution in [2.75, 3.05) is 0 Å². The van der Waals surface area contributed by atoms with Crippen LogP contribution in [0.4, 0.5) is 0 Å². The predicted molar refractivity (Wildman–Crippen MR) is 91.8 cm³/mol. The zero-order valence-corrected chi connectivity index (χ0v) is 15.0. The predicted octanol–water partition coefficient (Wildman–Crippen LogP) is 4.14. The van der Waals surface area contributed by atoms with Gasteiger partial charge in [-0.15, -0.1) is 16.4 Å². The fourth-order valence-electron chi connectivity index (χ4n) is 2.93. The minimum Gasteiger partial charge on any atom is -0.338 e. The SMILES string of the molecule is CC(Sc1nnnn1C1CCCCC1)c1nc(-c2cccs2)no1. The second-order valence-corrected chi connectivity index (χ2v) is 8.15. The van der Waals surface area contributed by atoms with Gasteiger partial charge < -0.3 is 4.52 Å². The Bertz CT molecular complexity index is 778. The van der Waals surface area contributed by atoms with Crippen LogP contribution in [-0.4, -0.2) is 30.3 Å². The molecule has 1 atom stereocenters. The molecule has 1 saturated carbocycles. The molecule has 0 N–H and O–H groups in total. The summed E-state index contributed by atoms with van der Waals surface area (Å²) in [5.74, 6) is 1.24. The summed E-state index contributed by atoms with van der Waals surface area (Å²) < 4.78 is 7.40. The summed E-state index contributed by atoms with van der Waals surface area (Å²) in [7, 11) is 0. The third-order valence-electron chi connectivity index (χ3n) is 4.20. The number of thiophene rings is 1. The minimum atomic E-state index is -0.000414. The van der Waals surface area contributed by atoms with E-state index in [4.69, 9.17) is 4.52 Å². The lowest BCUT2D eigenvalue weighted by atomic mass is 9.96. The Balaban J connectivity index is 1.48. The monoisotopic (exact) mass is 362 g/mol. The molecular formula is C15H18N6OS2. The van der Waals surface area contributed by atoms with Crippen LogP contribution in [-0.2, 0) is 0 Å². The van der Waals surface area contributed by atoms with Gasteiger partial charge in [0.05, 0.1) is 16.2 Å². The lowest BCUT2D eigenvalue weighted by Gasteiger charge is -2.22. The first-order valence-electron chi connectivity index (χ1n) is 8.13. The van der Waals surface area contributed by atoms with Gasteiger partial charge in [-0.25, -0.2) is 4.68 Å². The molecule has 1 aliphatic rings. The molecule has 7 nitrogen and oxygen atoms in total. The Hall–Kier alpha value is -1.74. The van der Waals surface area contributed by atoms with Gasteiger partial charge in [-0.05, 0) is 41.6 Å². The van der Waals surface area contributed by atoms with Gasteiger partial charge in [-0.3, -0.25) is 0 Å². The highest BCUT2D eigenvalue weighted by Gasteiger charge is 2.24. The Kier molecular flexibility index (Phi) is 4.61. The van der Waals surface area contributed by atoms with Crippen LogP contribution in [0.2, 0.25) is 0 Å². The number of hydrogen-bond donors (Lipinski definition) is 0. The van der Waals surface area contributed by atoms with Crippen molar-refractivity contribution in [2.45, 2.75) is 55.5 Å². The van der Waals surface area contributed by atoms with Gasteiger partial charge in [0.15, 0.2) is 0 Å². The summed E-state index contributed by atoms with van der Waals surface area (Å²) in [6, 6.07) is 4.38. The van der Waals surface area contributed by atoms with Crippen molar-refractivity contribution >= 4 is 23.1 Å². The molecule has 0 bridgehead atoms. The lowest BCUT2D eigenvalue weighted by Crippen LogP contribution is -2.15. The normalized spacial score (nSPS) is 17.2. The summed E-state index contributed by atoms with van der Waals surface area (Å²) in [6.07, 6.45) is 6.10. The van der Waals surface area contributed by atoms with E-state index < -0.39 is 0 Å². The Morgan fingerprint density at radius 3 is 3.00 bits per heavy atom. The van der Waals surface area contributed by atoms with Crippen LogP contribution in [0.3, 0.4) is 0 Å². The van der Waals surface area contributed by atoms with Crippen molar-refractivity contribution in [3.8, 4) is 10.7 Å². The molecular weight excluding hydrogens is 344 g/mol. The van der Waals surface area contributed by atoms with Crippen LogP contribution in [0.15, 0.2) is 27.2 Å². The quantitative estimate of drug-likeness (QED) is 0.631. The maximum absolute atomic E-state index is 5.43. The number of tetrazole rings is 1. The first-order valence-corrected chi connectivity index (χ1v) is 9.89. The second kappa shape index (κ2) is 7.02. The van der Waals surface area contributed by atoms with Crippen LogP contribution >= 0.6 is 23.1 Å². The molecule has 126 valence electrons. The molecule has 1 aliphatic carbocycles. The van der Waals surface area contributed by atoms with E-state index in [0.717, 1.165) is 22.9 Å². The van der Waals surface area contributed by atoms with Gasteiger partial charge in [-0.2, -0.15) is 4.98 Å². The van der Waals surface area contributed by atoms with Gasteiger partial charge in [0, 0.05) is 0 Å². The van der Waals surface area contributed by atoms with E-state index in [2.05, 4.69) is 25.7 Å². The average Bonchev–Trinajstić information content (AvgIpc) is 3.36. The highest BCUT2D eigenvalue weighted by atomic mass is 32.2. The van der Waals surface area contributed by atoms with Crippen molar-refractivity contribution < 1.29 is 4.52 Å². The number of aromatic nitrogens is 6. The summed E-state index contributed by atoms with van der Waals surface area (Å²) in [4.78, 5) is 5.52. The minimum absolute atomic E-state index is 0.000414. The van der Waals surface area contributed by atoms with E-state index in [1.54, 1.807) is 23.1 Å². The number of nitrogens with zero attached hydrogens (tertiary/aromatic N) is 6. The molecule has 3 heterocycles. The molecule has 9 heteroatoms. The molecule has 1 unspecified atom stereocenters. The van der Waals surface area contributed by atoms with Crippen LogP contribution in [0, 0.1) is 0 Å². The highest BCUT2D eigenvalue weighted by Crippen LogP contribution is 2.36. The highest BCUT2D eigenvalue weighted by molar-refractivity contribution is 7.99. The molecule has 1 fully saturated rings. The topological polar surface area (TPSA) is 82.5 Å². The Labute approximate surface area is 147 Å². The molecule has 0 radical (unpaired) electrons. The maximum Gasteiger partial charge on any atom is 0.240 e. The van der Waals surface area contributed by atoms with Crippen LogP contribution < -0.4 is 0 Å². The maximum atomic E-state index is 5.43. The van der Waals surface area contributed by atoms with Gasteiger partial charge in [-0.1, -0.05) is 42.2 Å². The molecule has 3 aromatic rings. The van der Waals surface area contributed by atoms with Gasteiger partial charge in [0.1, 0.15) is 0 Å². The van der Waals surface area contributed by atoms with E-state index in [9.17, 15) is 0 Å². The first kappa shape index (κ1) is 15.8. The average molecular weight is 362 g/mol. The third-order valence-corrected chi connectivity index (χ3v) is 6.10. The van der Waals surface area contributed by atoms with Crippen LogP contribution in [0.1, 0.15) is 56.2 Å². The van der Waals surface area contributed by atoms with Gasteiger partial charge in [0.25, 0.3) is 0 Å². The van der Waals surface area contributed by atoms with E-state index in [1.165, 1.54) is 19.3 Å². The standard InChI is InChI=1S/C15H18N6OS2/c1-10(14-16-13(18-22-14)12-8-5-9-23-12)24-15-17-19-20-21(15)11-6-3-2-4-7-11/h5,8-11H,2-4,6-7H2,1H3. The second-order valence-electron chi connectivity index (χ2n) is 5.89. The Morgan fingerprint density at radius 2 is 2.21 bits per heavy atom. The van der Waals surface area contributed by atoms with Crippen LogP contribution in [0.25, 0.3) is 10.7 Å². The summed E-state index contributed by atoms with van der Waals surface area (Å²) in [5, 5.41) is 19.2. The van der Waals surface area contributed by atoms with Crippen LogP contribution in [0.5, 0.6) is 0 Å². The molecule has 24 heavy (non-hydrogen) atoms. The van der Waals surface area contributed by atoms with Crippen molar-refractivity contribution in [1.82, 2.24) is 30.3 Å². The third kappa shape index (κ3) is 3.23. The van der Waals surface area contributed by atoms with E-state index in [-0.39, 0.29) is 5.25 Å². The number of hydrogen-bond acceptors (Lipinski definition) is 8. The first-order chi connectivity index (χ1) is 11.8. The van der Waals surface area contributed by atoms with Crippen molar-refractivity contribution in [3.05, 3.63) is 23.4 Å². The van der Waals surface area contributed by atoms with E-state index in [0.29, 0.717) is 17.8 Å². The zero-order chi connectivity index (χ0) is 16.4. The van der Waals surface area contributed by atoms with E-state index in [1.807, 2.05) is 29.1 Å². The molecule has 3 aromatic heterocycles. The fourth-order valence-corrected chi connectivity index (χ4v) is 4.47. The van der Waals surface area contributed by atoms with Crippen molar-refractivity contribution in [3.63, 3.8) is 0 Å². The zero-order valence-electron chi connectivity index (χ0n) is 13.3. The Morgan fingerprint density at radius 1 is 1.33 bits per heavy atom.